The molecule has 1 rings (SSSR count). The predicted molar refractivity (Wildman–Crippen MR) is 65.8 cm³/mol. The van der Waals surface area contributed by atoms with Crippen molar-refractivity contribution in [3.05, 3.63) is 24.2 Å². The lowest BCUT2D eigenvalue weighted by atomic mass is 9.88. The van der Waals surface area contributed by atoms with Crippen molar-refractivity contribution in [1.29, 1.82) is 0 Å². The molecule has 4 nitrogen and oxygen atoms in total. The van der Waals surface area contributed by atoms with Crippen LogP contribution in [-0.2, 0) is 0 Å². The Balaban J connectivity index is 2.94. The summed E-state index contributed by atoms with van der Waals surface area (Å²) in [6.07, 6.45) is 3.42. The van der Waals surface area contributed by atoms with Gasteiger partial charge in [0, 0.05) is 11.1 Å². The summed E-state index contributed by atoms with van der Waals surface area (Å²) in [7, 11) is 0. The summed E-state index contributed by atoms with van der Waals surface area (Å²) in [6.45, 7) is 10.7. The van der Waals surface area contributed by atoms with E-state index < -0.39 is 0 Å². The van der Waals surface area contributed by atoms with Crippen molar-refractivity contribution in [3.8, 4) is 0 Å². The van der Waals surface area contributed by atoms with Crippen molar-refractivity contribution in [2.75, 3.05) is 13.1 Å². The first-order chi connectivity index (χ1) is 7.57. The van der Waals surface area contributed by atoms with Crippen LogP contribution in [0, 0.1) is 0 Å². The van der Waals surface area contributed by atoms with Crippen LogP contribution in [-0.4, -0.2) is 23.5 Å². The zero-order valence-electron chi connectivity index (χ0n) is 10.7. The van der Waals surface area contributed by atoms with Crippen LogP contribution in [0.15, 0.2) is 23.0 Å². The SMILES string of the molecule is CCN(CC)C(C)(C)C(NN)c1ccoc1. The van der Waals surface area contributed by atoms with Gasteiger partial charge in [0.1, 0.15) is 0 Å². The maximum Gasteiger partial charge on any atom is 0.0951 e. The first-order valence-corrected chi connectivity index (χ1v) is 5.81. The van der Waals surface area contributed by atoms with Gasteiger partial charge in [0.15, 0.2) is 0 Å². The molecule has 1 heterocycles. The van der Waals surface area contributed by atoms with E-state index in [9.17, 15) is 0 Å². The Hall–Kier alpha value is -0.840. The fourth-order valence-electron chi connectivity index (χ4n) is 2.37. The Labute approximate surface area is 97.8 Å². The highest BCUT2D eigenvalue weighted by molar-refractivity contribution is 5.17. The molecule has 16 heavy (non-hydrogen) atoms. The number of rotatable bonds is 6. The van der Waals surface area contributed by atoms with Gasteiger partial charge in [-0.1, -0.05) is 13.8 Å². The molecule has 0 saturated carbocycles. The van der Waals surface area contributed by atoms with Gasteiger partial charge in [-0.15, -0.1) is 0 Å². The lowest BCUT2D eigenvalue weighted by Gasteiger charge is -2.42. The highest BCUT2D eigenvalue weighted by Crippen LogP contribution is 2.30. The van der Waals surface area contributed by atoms with Gasteiger partial charge in [-0.25, -0.2) is 0 Å². The second-order valence-corrected chi connectivity index (χ2v) is 4.48. The van der Waals surface area contributed by atoms with Crippen LogP contribution in [0.4, 0.5) is 0 Å². The summed E-state index contributed by atoms with van der Waals surface area (Å²) < 4.78 is 5.13. The van der Waals surface area contributed by atoms with Crippen LogP contribution in [0.5, 0.6) is 0 Å². The average Bonchev–Trinajstić information content (AvgIpc) is 2.73. The monoisotopic (exact) mass is 225 g/mol. The minimum atomic E-state index is -0.0534. The van der Waals surface area contributed by atoms with Crippen molar-refractivity contribution in [1.82, 2.24) is 10.3 Å². The largest absolute Gasteiger partial charge is 0.472 e. The number of nitrogens with one attached hydrogen (secondary N) is 1. The van der Waals surface area contributed by atoms with E-state index in [0.29, 0.717) is 0 Å². The third-order valence-corrected chi connectivity index (χ3v) is 3.33. The number of hydrogen-bond acceptors (Lipinski definition) is 4. The molecule has 1 atom stereocenters. The minimum Gasteiger partial charge on any atom is -0.472 e. The summed E-state index contributed by atoms with van der Waals surface area (Å²) in [5.41, 5.74) is 3.92. The number of nitrogens with zero attached hydrogens (tertiary/aromatic N) is 1. The number of likely N-dealkylation sites (N-methyl/N-ethyl adjacent to an activating group) is 1. The maximum absolute atomic E-state index is 5.68. The Morgan fingerprint density at radius 2 is 2.06 bits per heavy atom. The molecule has 0 aliphatic rings. The maximum atomic E-state index is 5.68. The summed E-state index contributed by atoms with van der Waals surface area (Å²) in [6, 6.07) is 2.02. The molecule has 0 spiro atoms. The molecule has 4 heteroatoms. The van der Waals surface area contributed by atoms with E-state index in [-0.39, 0.29) is 11.6 Å². The summed E-state index contributed by atoms with van der Waals surface area (Å²) in [4.78, 5) is 2.38. The van der Waals surface area contributed by atoms with Gasteiger partial charge in [0.25, 0.3) is 0 Å². The summed E-state index contributed by atoms with van der Waals surface area (Å²) in [5, 5.41) is 0. The van der Waals surface area contributed by atoms with Gasteiger partial charge in [-0.2, -0.15) is 0 Å². The van der Waals surface area contributed by atoms with E-state index in [0.717, 1.165) is 18.7 Å². The molecule has 92 valence electrons. The van der Waals surface area contributed by atoms with Crippen LogP contribution in [0.1, 0.15) is 39.3 Å². The second-order valence-electron chi connectivity index (χ2n) is 4.48. The highest BCUT2D eigenvalue weighted by Gasteiger charge is 2.34. The molecular weight excluding hydrogens is 202 g/mol. The standard InChI is InChI=1S/C12H23N3O/c1-5-15(6-2)12(3,4)11(14-13)10-7-8-16-9-10/h7-9,11,14H,5-6,13H2,1-4H3. The van der Waals surface area contributed by atoms with Crippen LogP contribution in [0.2, 0.25) is 0 Å². The van der Waals surface area contributed by atoms with Crippen molar-refractivity contribution in [2.24, 2.45) is 5.84 Å². The molecule has 0 amide bonds. The molecule has 1 aromatic rings. The third kappa shape index (κ3) is 2.45. The quantitative estimate of drug-likeness (QED) is 0.573. The van der Waals surface area contributed by atoms with E-state index in [2.05, 4.69) is 38.0 Å². The van der Waals surface area contributed by atoms with Crippen molar-refractivity contribution in [3.63, 3.8) is 0 Å². The lowest BCUT2D eigenvalue weighted by molar-refractivity contribution is 0.0910. The topological polar surface area (TPSA) is 54.4 Å². The molecule has 3 N–H and O–H groups in total. The molecule has 0 aliphatic heterocycles. The summed E-state index contributed by atoms with van der Waals surface area (Å²) in [5.74, 6) is 5.68. The molecule has 0 aliphatic carbocycles. The first-order valence-electron chi connectivity index (χ1n) is 5.81. The van der Waals surface area contributed by atoms with Crippen LogP contribution in [0.3, 0.4) is 0 Å². The normalized spacial score (nSPS) is 14.4. The highest BCUT2D eigenvalue weighted by atomic mass is 16.3. The molecular formula is C12H23N3O. The number of hydrogen-bond donors (Lipinski definition) is 2. The molecule has 0 bridgehead atoms. The van der Waals surface area contributed by atoms with Crippen LogP contribution >= 0.6 is 0 Å². The Bertz CT molecular complexity index is 291. The average molecular weight is 225 g/mol. The van der Waals surface area contributed by atoms with E-state index in [1.807, 2.05) is 6.07 Å². The van der Waals surface area contributed by atoms with Gasteiger partial charge in [-0.3, -0.25) is 16.2 Å². The molecule has 0 saturated heterocycles. The van der Waals surface area contributed by atoms with E-state index in [1.165, 1.54) is 0 Å². The molecule has 0 fully saturated rings. The Morgan fingerprint density at radius 3 is 2.44 bits per heavy atom. The van der Waals surface area contributed by atoms with Gasteiger partial charge < -0.3 is 4.42 Å². The molecule has 1 aromatic heterocycles. The summed E-state index contributed by atoms with van der Waals surface area (Å²) >= 11 is 0. The van der Waals surface area contributed by atoms with Crippen molar-refractivity contribution < 1.29 is 4.42 Å². The van der Waals surface area contributed by atoms with Gasteiger partial charge >= 0.3 is 0 Å². The van der Waals surface area contributed by atoms with Gasteiger partial charge in [0.05, 0.1) is 18.6 Å². The molecule has 0 radical (unpaired) electrons. The third-order valence-electron chi connectivity index (χ3n) is 3.33. The minimum absolute atomic E-state index is 0.0534. The van der Waals surface area contributed by atoms with E-state index in [1.54, 1.807) is 12.5 Å². The van der Waals surface area contributed by atoms with Gasteiger partial charge in [0.2, 0.25) is 0 Å². The second kappa shape index (κ2) is 5.48. The van der Waals surface area contributed by atoms with E-state index >= 15 is 0 Å². The fourth-order valence-corrected chi connectivity index (χ4v) is 2.37. The van der Waals surface area contributed by atoms with Gasteiger partial charge in [-0.05, 0) is 33.0 Å². The zero-order valence-corrected chi connectivity index (χ0v) is 10.7. The van der Waals surface area contributed by atoms with E-state index in [4.69, 9.17) is 10.3 Å². The number of furan rings is 1. The lowest BCUT2D eigenvalue weighted by Crippen LogP contribution is -2.54. The van der Waals surface area contributed by atoms with Crippen LogP contribution < -0.4 is 11.3 Å². The Morgan fingerprint density at radius 1 is 1.44 bits per heavy atom. The number of nitrogens with two attached hydrogens (primary N) is 1. The predicted octanol–water partition coefficient (Wildman–Crippen LogP) is 1.90. The molecule has 1 unspecified atom stereocenters. The smallest absolute Gasteiger partial charge is 0.0951 e. The number of hydrazine groups is 1. The molecule has 0 aromatic carbocycles. The first kappa shape index (κ1) is 13.2. The fraction of sp³-hybridized carbons (Fsp3) is 0.667. The zero-order chi connectivity index (χ0) is 12.2. The van der Waals surface area contributed by atoms with Crippen LogP contribution in [0.25, 0.3) is 0 Å². The van der Waals surface area contributed by atoms with Crippen molar-refractivity contribution in [2.45, 2.75) is 39.3 Å². The Kier molecular flexibility index (Phi) is 4.53. The van der Waals surface area contributed by atoms with Crippen molar-refractivity contribution >= 4 is 0 Å².